The van der Waals surface area contributed by atoms with E-state index in [9.17, 15) is 24.3 Å². The van der Waals surface area contributed by atoms with Gasteiger partial charge in [0.15, 0.2) is 6.10 Å². The Balaban J connectivity index is 2.62. The van der Waals surface area contributed by atoms with E-state index >= 15 is 0 Å². The maximum absolute atomic E-state index is 12.0. The molecule has 1 aromatic rings. The van der Waals surface area contributed by atoms with Gasteiger partial charge in [0.05, 0.1) is 12.6 Å². The summed E-state index contributed by atoms with van der Waals surface area (Å²) in [6.45, 7) is 1.25. The molecule has 1 aromatic carbocycles. The molecule has 0 saturated carbocycles. The molecule has 0 heterocycles. The molecule has 0 aliphatic heterocycles. The van der Waals surface area contributed by atoms with Crippen molar-refractivity contribution >= 4 is 23.8 Å². The lowest BCUT2D eigenvalue weighted by molar-refractivity contribution is -0.133. The molecule has 0 radical (unpaired) electrons. The van der Waals surface area contributed by atoms with Gasteiger partial charge in [0, 0.05) is 0 Å². The van der Waals surface area contributed by atoms with Crippen LogP contribution in [0.3, 0.4) is 0 Å². The van der Waals surface area contributed by atoms with Crippen LogP contribution in [-0.2, 0) is 14.4 Å². The topological polar surface area (TPSA) is 171 Å². The quantitative estimate of drug-likeness (QED) is 0.311. The Hall–Kier alpha value is -3.14. The fraction of sp³-hybridized carbons (Fsp3) is 0.412. The molecule has 0 saturated heterocycles. The first-order chi connectivity index (χ1) is 12.8. The van der Waals surface area contributed by atoms with Gasteiger partial charge in [-0.3, -0.25) is 14.4 Å². The highest BCUT2D eigenvalue weighted by Crippen LogP contribution is 2.11. The summed E-state index contributed by atoms with van der Waals surface area (Å²) in [5, 5.41) is 25.4. The molecule has 1 unspecified atom stereocenters. The second-order valence-corrected chi connectivity index (χ2v) is 5.82. The molecule has 7 N–H and O–H groups in total. The summed E-state index contributed by atoms with van der Waals surface area (Å²) in [6.07, 6.45) is -2.25. The van der Waals surface area contributed by atoms with E-state index in [-0.39, 0.29) is 6.42 Å². The number of benzene rings is 1. The predicted molar refractivity (Wildman–Crippen MR) is 95.4 cm³/mol. The second kappa shape index (κ2) is 10.8. The fourth-order valence-corrected chi connectivity index (χ4v) is 2.41. The van der Waals surface area contributed by atoms with Crippen LogP contribution in [0.15, 0.2) is 30.3 Å². The van der Waals surface area contributed by atoms with Crippen LogP contribution in [0, 0.1) is 0 Å². The third-order valence-corrected chi connectivity index (χ3v) is 3.70. The Labute approximate surface area is 156 Å². The highest BCUT2D eigenvalue weighted by molar-refractivity contribution is 5.91. The summed E-state index contributed by atoms with van der Waals surface area (Å²) in [5.74, 6) is -2.37. The molecule has 148 valence electrons. The number of carboxylic acid groups (broad SMARTS) is 1. The Bertz CT molecular complexity index is 667. The molecule has 1 rings (SSSR count). The van der Waals surface area contributed by atoms with Gasteiger partial charge in [0.25, 0.3) is 5.91 Å². The van der Waals surface area contributed by atoms with Crippen molar-refractivity contribution in [3.8, 4) is 0 Å². The van der Waals surface area contributed by atoms with Gasteiger partial charge in [-0.05, 0) is 12.0 Å². The Kier molecular flexibility index (Phi) is 8.73. The van der Waals surface area contributed by atoms with Gasteiger partial charge in [0.1, 0.15) is 6.04 Å². The van der Waals surface area contributed by atoms with Gasteiger partial charge in [-0.15, -0.1) is 0 Å². The van der Waals surface area contributed by atoms with Crippen LogP contribution in [0.25, 0.3) is 0 Å². The minimum atomic E-state index is -1.66. The standard InChI is InChI=1S/C17H24N4O6/c1-2-6-11(20-17(26)27)14(23)16(25)19-9-12(22)21-13(15(18)24)10-7-4-3-5-8-10/h3-5,7-8,11,13-14,20,23H,2,6,9H2,1H3,(H2,18,24)(H,19,25)(H,21,22)(H,26,27)/t11-,13-,14?/m0/s1. The van der Waals surface area contributed by atoms with Crippen LogP contribution >= 0.6 is 0 Å². The van der Waals surface area contributed by atoms with Crippen molar-refractivity contribution < 1.29 is 29.4 Å². The van der Waals surface area contributed by atoms with Gasteiger partial charge in [-0.2, -0.15) is 0 Å². The number of nitrogens with one attached hydrogen (secondary N) is 3. The average molecular weight is 380 g/mol. The Morgan fingerprint density at radius 1 is 1.11 bits per heavy atom. The summed E-state index contributed by atoms with van der Waals surface area (Å²) in [4.78, 5) is 46.3. The zero-order valence-corrected chi connectivity index (χ0v) is 14.8. The van der Waals surface area contributed by atoms with E-state index in [1.165, 1.54) is 0 Å². The van der Waals surface area contributed by atoms with E-state index < -0.39 is 48.5 Å². The van der Waals surface area contributed by atoms with E-state index in [4.69, 9.17) is 10.8 Å². The molecule has 4 amide bonds. The summed E-state index contributed by atoms with van der Waals surface area (Å²) in [5.41, 5.74) is 5.78. The van der Waals surface area contributed by atoms with Gasteiger partial charge >= 0.3 is 6.09 Å². The summed E-state index contributed by atoms with van der Waals surface area (Å²) < 4.78 is 0. The van der Waals surface area contributed by atoms with Gasteiger partial charge < -0.3 is 31.9 Å². The van der Waals surface area contributed by atoms with Crippen LogP contribution in [-0.4, -0.2) is 52.7 Å². The van der Waals surface area contributed by atoms with Crippen molar-refractivity contribution in [2.24, 2.45) is 5.73 Å². The number of aliphatic hydroxyl groups is 1. The van der Waals surface area contributed by atoms with Crippen LogP contribution < -0.4 is 21.7 Å². The van der Waals surface area contributed by atoms with Crippen molar-refractivity contribution in [1.82, 2.24) is 16.0 Å². The van der Waals surface area contributed by atoms with Gasteiger partial charge in [-0.1, -0.05) is 43.7 Å². The third kappa shape index (κ3) is 7.32. The summed E-state index contributed by atoms with van der Waals surface area (Å²) >= 11 is 0. The highest BCUT2D eigenvalue weighted by Gasteiger charge is 2.27. The molecule has 10 heteroatoms. The molecule has 0 aromatic heterocycles. The second-order valence-electron chi connectivity index (χ2n) is 5.82. The average Bonchev–Trinajstić information content (AvgIpc) is 2.63. The van der Waals surface area contributed by atoms with Crippen molar-refractivity contribution in [2.75, 3.05) is 6.54 Å². The highest BCUT2D eigenvalue weighted by atomic mass is 16.4. The number of primary amides is 1. The lowest BCUT2D eigenvalue weighted by Crippen LogP contribution is -2.52. The number of nitrogens with two attached hydrogens (primary N) is 1. The zero-order valence-electron chi connectivity index (χ0n) is 14.8. The first kappa shape index (κ1) is 21.9. The Morgan fingerprint density at radius 3 is 2.26 bits per heavy atom. The van der Waals surface area contributed by atoms with Gasteiger partial charge in [0.2, 0.25) is 11.8 Å². The largest absolute Gasteiger partial charge is 0.465 e. The summed E-state index contributed by atoms with van der Waals surface area (Å²) in [6, 6.07) is 6.26. The molecular formula is C17H24N4O6. The lowest BCUT2D eigenvalue weighted by Gasteiger charge is -2.22. The Morgan fingerprint density at radius 2 is 1.74 bits per heavy atom. The molecule has 0 bridgehead atoms. The monoisotopic (exact) mass is 380 g/mol. The van der Waals surface area contributed by atoms with E-state index in [2.05, 4.69) is 16.0 Å². The fourth-order valence-electron chi connectivity index (χ4n) is 2.41. The van der Waals surface area contributed by atoms with Crippen LogP contribution in [0.2, 0.25) is 0 Å². The van der Waals surface area contributed by atoms with Crippen LogP contribution in [0.5, 0.6) is 0 Å². The maximum atomic E-state index is 12.0. The molecular weight excluding hydrogens is 356 g/mol. The molecule has 10 nitrogen and oxygen atoms in total. The first-order valence-corrected chi connectivity index (χ1v) is 8.35. The van der Waals surface area contributed by atoms with Crippen LogP contribution in [0.1, 0.15) is 31.4 Å². The van der Waals surface area contributed by atoms with Gasteiger partial charge in [-0.25, -0.2) is 4.79 Å². The summed E-state index contributed by atoms with van der Waals surface area (Å²) in [7, 11) is 0. The molecule has 27 heavy (non-hydrogen) atoms. The lowest BCUT2D eigenvalue weighted by atomic mass is 10.1. The number of rotatable bonds is 10. The normalized spacial score (nSPS) is 13.7. The van der Waals surface area contributed by atoms with E-state index in [0.717, 1.165) is 0 Å². The van der Waals surface area contributed by atoms with Crippen molar-refractivity contribution in [2.45, 2.75) is 38.0 Å². The number of aliphatic hydroxyl groups excluding tert-OH is 1. The maximum Gasteiger partial charge on any atom is 0.404 e. The SMILES string of the molecule is CCC[C@H](NC(=O)O)C(O)C(=O)NCC(=O)N[C@H](C(N)=O)c1ccccc1. The van der Waals surface area contributed by atoms with E-state index in [1.54, 1.807) is 37.3 Å². The van der Waals surface area contributed by atoms with Crippen molar-refractivity contribution in [3.63, 3.8) is 0 Å². The third-order valence-electron chi connectivity index (χ3n) is 3.70. The smallest absolute Gasteiger partial charge is 0.404 e. The first-order valence-electron chi connectivity index (χ1n) is 8.35. The predicted octanol–water partition coefficient (Wildman–Crippen LogP) is -0.757. The minimum Gasteiger partial charge on any atom is -0.465 e. The molecule has 0 fully saturated rings. The van der Waals surface area contributed by atoms with E-state index in [1.807, 2.05) is 0 Å². The zero-order chi connectivity index (χ0) is 20.4. The van der Waals surface area contributed by atoms with E-state index in [0.29, 0.717) is 12.0 Å². The van der Waals surface area contributed by atoms with Crippen molar-refractivity contribution in [1.29, 1.82) is 0 Å². The minimum absolute atomic E-state index is 0.241. The number of carbonyl (C=O) groups excluding carboxylic acids is 3. The number of hydrogen-bond donors (Lipinski definition) is 6. The molecule has 0 aliphatic carbocycles. The molecule has 0 aliphatic rings. The van der Waals surface area contributed by atoms with Crippen LogP contribution in [0.4, 0.5) is 4.79 Å². The van der Waals surface area contributed by atoms with Crippen molar-refractivity contribution in [3.05, 3.63) is 35.9 Å². The molecule has 0 spiro atoms. The number of amides is 4. The number of hydrogen-bond acceptors (Lipinski definition) is 5. The number of carbonyl (C=O) groups is 4. The molecule has 3 atom stereocenters.